The van der Waals surface area contributed by atoms with Crippen LogP contribution in [0.3, 0.4) is 0 Å². The lowest BCUT2D eigenvalue weighted by Crippen LogP contribution is -2.02. The van der Waals surface area contributed by atoms with Crippen LogP contribution in [0, 0.1) is 6.92 Å². The van der Waals surface area contributed by atoms with E-state index >= 15 is 0 Å². The van der Waals surface area contributed by atoms with Gasteiger partial charge in [0.1, 0.15) is 12.7 Å². The van der Waals surface area contributed by atoms with Crippen LogP contribution in [0.4, 0.5) is 5.69 Å². The zero-order valence-corrected chi connectivity index (χ0v) is 10.4. The van der Waals surface area contributed by atoms with Gasteiger partial charge in [0.05, 0.1) is 18.1 Å². The highest BCUT2D eigenvalue weighted by atomic mass is 15.3. The van der Waals surface area contributed by atoms with Crippen molar-refractivity contribution < 1.29 is 0 Å². The Morgan fingerprint density at radius 1 is 1.32 bits per heavy atom. The molecular weight excluding hydrogens is 242 g/mol. The van der Waals surface area contributed by atoms with Gasteiger partial charge in [-0.05, 0) is 19.1 Å². The molecule has 0 bridgehead atoms. The highest BCUT2D eigenvalue weighted by Crippen LogP contribution is 2.11. The van der Waals surface area contributed by atoms with E-state index in [2.05, 4.69) is 30.6 Å². The monoisotopic (exact) mass is 255 g/mol. The van der Waals surface area contributed by atoms with Crippen LogP contribution in [0.2, 0.25) is 0 Å². The zero-order valence-electron chi connectivity index (χ0n) is 10.4. The van der Waals surface area contributed by atoms with Gasteiger partial charge in [-0.25, -0.2) is 14.6 Å². The number of hydrogen-bond acceptors (Lipinski definition) is 5. The fraction of sp³-hybridized carbons (Fsp3) is 0.167. The number of rotatable bonds is 4. The summed E-state index contributed by atoms with van der Waals surface area (Å²) in [7, 11) is 0. The van der Waals surface area contributed by atoms with Crippen molar-refractivity contribution in [1.82, 2.24) is 29.9 Å². The summed E-state index contributed by atoms with van der Waals surface area (Å²) < 4.78 is 1.62. The van der Waals surface area contributed by atoms with Gasteiger partial charge in [0.15, 0.2) is 5.82 Å². The molecule has 0 aliphatic carbocycles. The third-order valence-electron chi connectivity index (χ3n) is 2.82. The second-order valence-electron chi connectivity index (χ2n) is 4.12. The summed E-state index contributed by atoms with van der Waals surface area (Å²) in [6.45, 7) is 2.71. The number of nitrogens with zero attached hydrogens (tertiary/aromatic N) is 5. The van der Waals surface area contributed by atoms with Crippen molar-refractivity contribution in [3.8, 4) is 5.82 Å². The van der Waals surface area contributed by atoms with E-state index in [1.54, 1.807) is 17.2 Å². The van der Waals surface area contributed by atoms with Crippen LogP contribution >= 0.6 is 0 Å². The summed E-state index contributed by atoms with van der Waals surface area (Å²) in [4.78, 5) is 8.20. The molecule has 19 heavy (non-hydrogen) atoms. The standard InChI is InChI=1S/C12H13N7/c1-9-10(5-16-18-9)4-14-11-2-3-12(15-6-11)19-8-13-7-17-19/h2-3,5-8,14H,4H2,1H3,(H,16,18). The first kappa shape index (κ1) is 11.4. The summed E-state index contributed by atoms with van der Waals surface area (Å²) in [5.74, 6) is 0.738. The van der Waals surface area contributed by atoms with E-state index < -0.39 is 0 Å². The molecule has 7 nitrogen and oxygen atoms in total. The van der Waals surface area contributed by atoms with Crippen molar-refractivity contribution in [2.45, 2.75) is 13.5 Å². The van der Waals surface area contributed by atoms with Gasteiger partial charge in [-0.2, -0.15) is 10.2 Å². The number of H-pyrrole nitrogens is 1. The van der Waals surface area contributed by atoms with Crippen LogP contribution in [-0.2, 0) is 6.54 Å². The first-order chi connectivity index (χ1) is 9.33. The molecule has 96 valence electrons. The van der Waals surface area contributed by atoms with Crippen LogP contribution in [0.5, 0.6) is 0 Å². The van der Waals surface area contributed by atoms with Gasteiger partial charge in [-0.3, -0.25) is 5.10 Å². The van der Waals surface area contributed by atoms with E-state index in [-0.39, 0.29) is 0 Å². The lowest BCUT2D eigenvalue weighted by molar-refractivity contribution is 0.845. The maximum Gasteiger partial charge on any atom is 0.155 e. The predicted molar refractivity (Wildman–Crippen MR) is 69.8 cm³/mol. The first-order valence-electron chi connectivity index (χ1n) is 5.87. The molecule has 0 aliphatic heterocycles. The van der Waals surface area contributed by atoms with Crippen molar-refractivity contribution in [2.24, 2.45) is 0 Å². The minimum atomic E-state index is 0.715. The average molecular weight is 255 g/mol. The molecule has 0 saturated heterocycles. The van der Waals surface area contributed by atoms with Crippen LogP contribution < -0.4 is 5.32 Å². The maximum absolute atomic E-state index is 4.32. The molecule has 0 radical (unpaired) electrons. The third kappa shape index (κ3) is 2.44. The molecule has 0 atom stereocenters. The first-order valence-corrected chi connectivity index (χ1v) is 5.87. The molecule has 0 amide bonds. The van der Waals surface area contributed by atoms with Crippen LogP contribution in [-0.4, -0.2) is 29.9 Å². The predicted octanol–water partition coefficient (Wildman–Crippen LogP) is 1.31. The largest absolute Gasteiger partial charge is 0.380 e. The van der Waals surface area contributed by atoms with E-state index in [4.69, 9.17) is 0 Å². The van der Waals surface area contributed by atoms with E-state index in [1.165, 1.54) is 6.33 Å². The van der Waals surface area contributed by atoms with Crippen LogP contribution in [0.25, 0.3) is 5.82 Å². The quantitative estimate of drug-likeness (QED) is 0.734. The molecule has 0 fully saturated rings. The number of aromatic nitrogens is 6. The Morgan fingerprint density at radius 3 is 2.89 bits per heavy atom. The summed E-state index contributed by atoms with van der Waals surface area (Å²) in [5.41, 5.74) is 3.16. The Balaban J connectivity index is 1.68. The number of anilines is 1. The van der Waals surface area contributed by atoms with Crippen molar-refractivity contribution in [3.63, 3.8) is 0 Å². The Bertz CT molecular complexity index is 639. The normalized spacial score (nSPS) is 10.6. The molecule has 0 spiro atoms. The van der Waals surface area contributed by atoms with E-state index in [0.29, 0.717) is 6.54 Å². The van der Waals surface area contributed by atoms with Gasteiger partial charge in [-0.15, -0.1) is 0 Å². The number of nitrogens with one attached hydrogen (secondary N) is 2. The van der Waals surface area contributed by atoms with Gasteiger partial charge in [-0.1, -0.05) is 0 Å². The summed E-state index contributed by atoms with van der Waals surface area (Å²) >= 11 is 0. The summed E-state index contributed by atoms with van der Waals surface area (Å²) in [6, 6.07) is 3.85. The van der Waals surface area contributed by atoms with E-state index in [0.717, 1.165) is 22.8 Å². The molecule has 7 heteroatoms. The van der Waals surface area contributed by atoms with Crippen molar-refractivity contribution in [2.75, 3.05) is 5.32 Å². The lowest BCUT2D eigenvalue weighted by atomic mass is 10.2. The Hall–Kier alpha value is -2.70. The summed E-state index contributed by atoms with van der Waals surface area (Å²) in [5, 5.41) is 14.2. The molecule has 3 aromatic heterocycles. The summed E-state index contributed by atoms with van der Waals surface area (Å²) in [6.07, 6.45) is 6.69. The lowest BCUT2D eigenvalue weighted by Gasteiger charge is -2.06. The molecule has 2 N–H and O–H groups in total. The van der Waals surface area contributed by atoms with Gasteiger partial charge >= 0.3 is 0 Å². The fourth-order valence-electron chi connectivity index (χ4n) is 1.70. The van der Waals surface area contributed by atoms with Crippen molar-refractivity contribution in [1.29, 1.82) is 0 Å². The second kappa shape index (κ2) is 4.89. The highest BCUT2D eigenvalue weighted by molar-refractivity contribution is 5.44. The smallest absolute Gasteiger partial charge is 0.155 e. The molecule has 0 unspecified atom stereocenters. The van der Waals surface area contributed by atoms with Crippen molar-refractivity contribution >= 4 is 5.69 Å². The van der Waals surface area contributed by atoms with Crippen LogP contribution in [0.1, 0.15) is 11.3 Å². The molecule has 0 aliphatic rings. The van der Waals surface area contributed by atoms with E-state index in [9.17, 15) is 0 Å². The fourth-order valence-corrected chi connectivity index (χ4v) is 1.70. The minimum absolute atomic E-state index is 0.715. The van der Waals surface area contributed by atoms with Gasteiger partial charge in [0.2, 0.25) is 0 Å². The topological polar surface area (TPSA) is 84.3 Å². The average Bonchev–Trinajstić information content (AvgIpc) is 3.09. The molecule has 3 rings (SSSR count). The third-order valence-corrected chi connectivity index (χ3v) is 2.82. The molecular formula is C12H13N7. The van der Waals surface area contributed by atoms with Crippen LogP contribution in [0.15, 0.2) is 37.2 Å². The Labute approximate surface area is 109 Å². The Morgan fingerprint density at radius 2 is 2.26 bits per heavy atom. The van der Waals surface area contributed by atoms with E-state index in [1.807, 2.05) is 25.3 Å². The minimum Gasteiger partial charge on any atom is -0.380 e. The maximum atomic E-state index is 4.32. The second-order valence-corrected chi connectivity index (χ2v) is 4.12. The molecule has 0 aromatic carbocycles. The zero-order chi connectivity index (χ0) is 13.1. The molecule has 3 heterocycles. The molecule has 3 aromatic rings. The number of hydrogen-bond donors (Lipinski definition) is 2. The highest BCUT2D eigenvalue weighted by Gasteiger charge is 2.01. The number of pyridine rings is 1. The number of aromatic amines is 1. The van der Waals surface area contributed by atoms with Crippen molar-refractivity contribution in [3.05, 3.63) is 48.4 Å². The Kier molecular flexibility index (Phi) is 2.93. The molecule has 0 saturated carbocycles. The van der Waals surface area contributed by atoms with Gasteiger partial charge in [0, 0.05) is 17.8 Å². The van der Waals surface area contributed by atoms with Gasteiger partial charge < -0.3 is 5.32 Å². The number of aryl methyl sites for hydroxylation is 1. The SMILES string of the molecule is Cc1[nH]ncc1CNc1ccc(-n2cncn2)nc1. The van der Waals surface area contributed by atoms with Gasteiger partial charge in [0.25, 0.3) is 0 Å².